The fraction of sp³-hybridized carbons (Fsp3) is 0.182. The Morgan fingerprint density at radius 2 is 1.97 bits per heavy atom. The lowest BCUT2D eigenvalue weighted by Crippen LogP contribution is -2.06. The molecule has 0 saturated carbocycles. The number of hydrogen-bond donors (Lipinski definition) is 1. The summed E-state index contributed by atoms with van der Waals surface area (Å²) >= 11 is 6.05. The topological polar surface area (TPSA) is 59.9 Å². The number of aromatic nitrogens is 3. The number of carbonyl (C=O) groups excluding carboxylic acids is 1. The van der Waals surface area contributed by atoms with Gasteiger partial charge in [-0.15, -0.1) is 0 Å². The number of benzene rings is 2. The predicted octanol–water partition coefficient (Wildman–Crippen LogP) is 5.76. The van der Waals surface area contributed by atoms with Crippen LogP contribution in [0.2, 0.25) is 5.02 Å². The minimum atomic E-state index is -4.57. The van der Waals surface area contributed by atoms with Crippen molar-refractivity contribution in [2.75, 3.05) is 6.61 Å². The number of aryl methyl sites for hydroxylation is 1. The van der Waals surface area contributed by atoms with Crippen LogP contribution in [0.3, 0.4) is 0 Å². The molecule has 0 radical (unpaired) electrons. The fourth-order valence-corrected chi connectivity index (χ4v) is 3.84. The van der Waals surface area contributed by atoms with Crippen molar-refractivity contribution < 1.29 is 27.1 Å². The van der Waals surface area contributed by atoms with Crippen molar-refractivity contribution in [1.29, 1.82) is 0 Å². The summed E-state index contributed by atoms with van der Waals surface area (Å²) in [5, 5.41) is 4.55. The van der Waals surface area contributed by atoms with Gasteiger partial charge in [-0.1, -0.05) is 17.7 Å². The molecule has 0 aliphatic rings. The summed E-state index contributed by atoms with van der Waals surface area (Å²) in [5.74, 6) is -0.500. The van der Waals surface area contributed by atoms with E-state index in [1.54, 1.807) is 18.2 Å². The van der Waals surface area contributed by atoms with Gasteiger partial charge in [0.15, 0.2) is 5.69 Å². The van der Waals surface area contributed by atoms with Crippen LogP contribution in [0.4, 0.5) is 17.6 Å². The molecule has 4 rings (SSSR count). The van der Waals surface area contributed by atoms with E-state index >= 15 is 0 Å². The molecule has 0 aliphatic carbocycles. The van der Waals surface area contributed by atoms with E-state index in [2.05, 4.69) is 10.1 Å². The van der Waals surface area contributed by atoms with E-state index in [9.17, 15) is 22.4 Å². The summed E-state index contributed by atoms with van der Waals surface area (Å²) in [7, 11) is 1.43. The van der Waals surface area contributed by atoms with Gasteiger partial charge in [-0.05, 0) is 42.0 Å². The second-order valence-electron chi connectivity index (χ2n) is 7.12. The molecule has 0 unspecified atom stereocenters. The zero-order valence-electron chi connectivity index (χ0n) is 16.6. The van der Waals surface area contributed by atoms with Gasteiger partial charge >= 0.3 is 6.18 Å². The van der Waals surface area contributed by atoms with E-state index in [1.807, 2.05) is 0 Å². The van der Waals surface area contributed by atoms with Gasteiger partial charge in [-0.2, -0.15) is 18.3 Å². The highest BCUT2D eigenvalue weighted by Gasteiger charge is 2.34. The zero-order chi connectivity index (χ0) is 23.0. The fourth-order valence-electron chi connectivity index (χ4n) is 3.67. The highest BCUT2D eigenvalue weighted by Crippen LogP contribution is 2.37. The van der Waals surface area contributed by atoms with Gasteiger partial charge < -0.3 is 9.72 Å². The summed E-state index contributed by atoms with van der Waals surface area (Å²) in [6.45, 7) is 0.355. The number of H-pyrrole nitrogens is 1. The number of fused-ring (bicyclic) bond motifs is 1. The molecule has 166 valence electrons. The van der Waals surface area contributed by atoms with Gasteiger partial charge in [0.1, 0.15) is 5.82 Å². The summed E-state index contributed by atoms with van der Waals surface area (Å²) in [6, 6.07) is 10.2. The first-order valence-electron chi connectivity index (χ1n) is 9.46. The van der Waals surface area contributed by atoms with Gasteiger partial charge in [0, 0.05) is 40.5 Å². The first-order valence-corrected chi connectivity index (χ1v) is 9.83. The van der Waals surface area contributed by atoms with Gasteiger partial charge in [-0.3, -0.25) is 9.48 Å². The molecule has 0 spiro atoms. The first kappa shape index (κ1) is 21.9. The Labute approximate surface area is 184 Å². The van der Waals surface area contributed by atoms with Gasteiger partial charge in [0.2, 0.25) is 0 Å². The number of alkyl halides is 3. The minimum absolute atomic E-state index is 0.0415. The van der Waals surface area contributed by atoms with E-state index in [1.165, 1.54) is 25.2 Å². The number of nitrogens with one attached hydrogen (secondary N) is 1. The molecule has 2 heterocycles. The molecular formula is C22H16ClF4N3O2. The Morgan fingerprint density at radius 1 is 1.19 bits per heavy atom. The molecule has 5 nitrogen and oxygen atoms in total. The molecule has 0 fully saturated rings. The highest BCUT2D eigenvalue weighted by molar-refractivity contribution is 6.30. The average Bonchev–Trinajstić information content (AvgIpc) is 3.30. The van der Waals surface area contributed by atoms with Crippen molar-refractivity contribution in [3.63, 3.8) is 0 Å². The van der Waals surface area contributed by atoms with Crippen LogP contribution in [-0.2, 0) is 29.2 Å². The summed E-state index contributed by atoms with van der Waals surface area (Å²) in [4.78, 5) is 13.8. The smallest absolute Gasteiger partial charge is 0.435 e. The molecule has 10 heteroatoms. The predicted molar refractivity (Wildman–Crippen MR) is 112 cm³/mol. The van der Waals surface area contributed by atoms with Crippen LogP contribution in [-0.4, -0.2) is 27.8 Å². The van der Waals surface area contributed by atoms with Crippen LogP contribution >= 0.6 is 11.6 Å². The highest BCUT2D eigenvalue weighted by atomic mass is 35.5. The Bertz CT molecular complexity index is 1310. The van der Waals surface area contributed by atoms with Crippen LogP contribution < -0.4 is 0 Å². The monoisotopic (exact) mass is 465 g/mol. The summed E-state index contributed by atoms with van der Waals surface area (Å²) in [5.41, 5.74) is 1.74. The number of rotatable bonds is 6. The van der Waals surface area contributed by atoms with E-state index in [-0.39, 0.29) is 24.3 Å². The first-order chi connectivity index (χ1) is 15.2. The molecule has 0 saturated heterocycles. The molecule has 32 heavy (non-hydrogen) atoms. The average molecular weight is 466 g/mol. The van der Waals surface area contributed by atoms with E-state index in [4.69, 9.17) is 16.3 Å². The Hall–Kier alpha value is -3.33. The van der Waals surface area contributed by atoms with Crippen molar-refractivity contribution in [3.05, 3.63) is 64.6 Å². The van der Waals surface area contributed by atoms with E-state index in [0.717, 1.165) is 10.7 Å². The zero-order valence-corrected chi connectivity index (χ0v) is 17.4. The molecule has 2 aromatic carbocycles. The third-order valence-electron chi connectivity index (χ3n) is 5.11. The number of halogens is 5. The molecule has 2 aromatic heterocycles. The Morgan fingerprint density at radius 3 is 2.66 bits per heavy atom. The van der Waals surface area contributed by atoms with Crippen LogP contribution in [0.25, 0.3) is 33.4 Å². The third-order valence-corrected chi connectivity index (χ3v) is 5.34. The normalized spacial score (nSPS) is 11.8. The third kappa shape index (κ3) is 4.08. The van der Waals surface area contributed by atoms with E-state index < -0.39 is 17.7 Å². The van der Waals surface area contributed by atoms with Crippen LogP contribution in [0, 0.1) is 5.82 Å². The largest absolute Gasteiger partial charge is 0.468 e. The van der Waals surface area contributed by atoms with Gasteiger partial charge in [0.25, 0.3) is 6.47 Å². The molecule has 0 amide bonds. The molecular weight excluding hydrogens is 450 g/mol. The Balaban J connectivity index is 1.89. The molecule has 0 aliphatic heterocycles. The van der Waals surface area contributed by atoms with Crippen molar-refractivity contribution in [2.45, 2.75) is 12.6 Å². The second-order valence-corrected chi connectivity index (χ2v) is 7.55. The number of aromatic amines is 1. The summed E-state index contributed by atoms with van der Waals surface area (Å²) in [6.07, 6.45) is -4.31. The number of carbonyl (C=O) groups is 1. The van der Waals surface area contributed by atoms with Crippen molar-refractivity contribution >= 4 is 29.0 Å². The lowest BCUT2D eigenvalue weighted by molar-refractivity contribution is -0.141. The van der Waals surface area contributed by atoms with Crippen LogP contribution in [0.15, 0.2) is 42.5 Å². The van der Waals surface area contributed by atoms with E-state index in [0.29, 0.717) is 39.2 Å². The molecule has 1 N–H and O–H groups in total. The van der Waals surface area contributed by atoms with Crippen LogP contribution in [0.1, 0.15) is 11.3 Å². The lowest BCUT2D eigenvalue weighted by atomic mass is 10.0. The number of hydrogen-bond acceptors (Lipinski definition) is 3. The molecule has 0 atom stereocenters. The van der Waals surface area contributed by atoms with Crippen LogP contribution in [0.5, 0.6) is 0 Å². The van der Waals surface area contributed by atoms with Crippen molar-refractivity contribution in [2.24, 2.45) is 7.05 Å². The maximum absolute atomic E-state index is 14.6. The number of ether oxygens (including phenoxy) is 1. The molecule has 4 aromatic rings. The quantitative estimate of drug-likeness (QED) is 0.224. The Kier molecular flexibility index (Phi) is 5.68. The maximum atomic E-state index is 14.6. The SMILES string of the molecule is Cn1nc(C(F)(F)F)cc1-c1ccc2[nH]c(-c3cc(Cl)ccc3F)c(CCOC=O)c2c1. The van der Waals surface area contributed by atoms with Crippen molar-refractivity contribution in [1.82, 2.24) is 14.8 Å². The van der Waals surface area contributed by atoms with Gasteiger partial charge in [0.05, 0.1) is 18.0 Å². The molecule has 0 bridgehead atoms. The summed E-state index contributed by atoms with van der Waals surface area (Å²) < 4.78 is 59.8. The lowest BCUT2D eigenvalue weighted by Gasteiger charge is -2.07. The second kappa shape index (κ2) is 8.31. The standard InChI is InChI=1S/C22H16ClF4N3O2/c1-30-19(10-20(29-30)22(25,26)27)12-2-5-18-15(8-12)14(6-7-32-11-31)21(28-18)16-9-13(23)3-4-17(16)24/h2-5,8-11,28H,6-7H2,1H3. The number of nitrogens with zero attached hydrogens (tertiary/aromatic N) is 2. The van der Waals surface area contributed by atoms with Crippen molar-refractivity contribution in [3.8, 4) is 22.5 Å². The maximum Gasteiger partial charge on any atom is 0.435 e. The minimum Gasteiger partial charge on any atom is -0.468 e. The van der Waals surface area contributed by atoms with Gasteiger partial charge in [-0.25, -0.2) is 4.39 Å².